The zero-order chi connectivity index (χ0) is 18.8. The van der Waals surface area contributed by atoms with Gasteiger partial charge in [-0.25, -0.2) is 0 Å². The van der Waals surface area contributed by atoms with Gasteiger partial charge in [0.2, 0.25) is 0 Å². The first-order valence-electron chi connectivity index (χ1n) is 9.68. The van der Waals surface area contributed by atoms with E-state index in [-0.39, 0.29) is 5.41 Å². The predicted molar refractivity (Wildman–Crippen MR) is 103 cm³/mol. The van der Waals surface area contributed by atoms with Crippen molar-refractivity contribution < 1.29 is 18.9 Å². The smallest absolute Gasteiger partial charge is 0.126 e. The first kappa shape index (κ1) is 16.8. The first-order valence-corrected chi connectivity index (χ1v) is 9.68. The van der Waals surface area contributed by atoms with Crippen LogP contribution >= 0.6 is 0 Å². The van der Waals surface area contributed by atoms with E-state index in [2.05, 4.69) is 12.1 Å². The van der Waals surface area contributed by atoms with Crippen molar-refractivity contribution in [2.75, 3.05) is 28.4 Å². The SMILES string of the molecule is COc1cc2c(c(OC)c1)C13c4c(cc(OC)cc4OC)C[C@@H]1CC[C@H]3C2. The van der Waals surface area contributed by atoms with E-state index in [1.54, 1.807) is 28.4 Å². The van der Waals surface area contributed by atoms with Gasteiger partial charge >= 0.3 is 0 Å². The number of ether oxygens (including phenoxy) is 4. The van der Waals surface area contributed by atoms with Crippen LogP contribution in [0.3, 0.4) is 0 Å². The van der Waals surface area contributed by atoms with Gasteiger partial charge in [0.15, 0.2) is 0 Å². The summed E-state index contributed by atoms with van der Waals surface area (Å²) in [5, 5.41) is 0. The molecule has 3 aliphatic carbocycles. The molecule has 2 aromatic carbocycles. The van der Waals surface area contributed by atoms with Crippen LogP contribution in [0.2, 0.25) is 0 Å². The molecule has 0 heterocycles. The molecule has 1 fully saturated rings. The molecule has 1 spiro atoms. The molecular weight excluding hydrogens is 340 g/mol. The van der Waals surface area contributed by atoms with Crippen LogP contribution in [0.25, 0.3) is 0 Å². The van der Waals surface area contributed by atoms with Crippen molar-refractivity contribution in [2.24, 2.45) is 11.8 Å². The van der Waals surface area contributed by atoms with Gasteiger partial charge in [0, 0.05) is 28.7 Å². The maximum absolute atomic E-state index is 5.90. The molecule has 2 aromatic rings. The fourth-order valence-electron chi connectivity index (χ4n) is 6.30. The molecule has 0 aliphatic heterocycles. The maximum Gasteiger partial charge on any atom is 0.126 e. The number of hydrogen-bond acceptors (Lipinski definition) is 4. The average molecular weight is 366 g/mol. The Labute approximate surface area is 160 Å². The number of methoxy groups -OCH3 is 4. The molecule has 0 radical (unpaired) electrons. The van der Waals surface area contributed by atoms with E-state index in [0.29, 0.717) is 11.8 Å². The molecule has 0 amide bonds. The van der Waals surface area contributed by atoms with Gasteiger partial charge in [0.05, 0.1) is 28.4 Å². The molecule has 0 unspecified atom stereocenters. The molecule has 1 saturated carbocycles. The highest BCUT2D eigenvalue weighted by molar-refractivity contribution is 5.67. The van der Waals surface area contributed by atoms with E-state index in [4.69, 9.17) is 18.9 Å². The third kappa shape index (κ3) is 1.99. The van der Waals surface area contributed by atoms with Crippen LogP contribution in [0, 0.1) is 11.8 Å². The number of benzene rings is 2. The van der Waals surface area contributed by atoms with Crippen molar-refractivity contribution in [2.45, 2.75) is 31.1 Å². The molecule has 3 aliphatic rings. The largest absolute Gasteiger partial charge is 0.497 e. The Morgan fingerprint density at radius 1 is 0.667 bits per heavy atom. The topological polar surface area (TPSA) is 36.9 Å². The van der Waals surface area contributed by atoms with Crippen LogP contribution in [0.15, 0.2) is 24.3 Å². The van der Waals surface area contributed by atoms with E-state index in [0.717, 1.165) is 35.8 Å². The molecule has 0 bridgehead atoms. The molecule has 4 heteroatoms. The highest BCUT2D eigenvalue weighted by atomic mass is 16.5. The average Bonchev–Trinajstić information content (AvgIpc) is 3.31. The van der Waals surface area contributed by atoms with Crippen molar-refractivity contribution in [1.82, 2.24) is 0 Å². The number of fused-ring (bicyclic) bond motifs is 2. The molecule has 27 heavy (non-hydrogen) atoms. The molecule has 2 atom stereocenters. The van der Waals surface area contributed by atoms with Crippen LogP contribution in [-0.2, 0) is 18.3 Å². The van der Waals surface area contributed by atoms with Gasteiger partial charge in [0.1, 0.15) is 23.0 Å². The van der Waals surface area contributed by atoms with Crippen LogP contribution < -0.4 is 18.9 Å². The van der Waals surface area contributed by atoms with Gasteiger partial charge in [-0.3, -0.25) is 0 Å². The Morgan fingerprint density at radius 2 is 1.11 bits per heavy atom. The summed E-state index contributed by atoms with van der Waals surface area (Å²) >= 11 is 0. The lowest BCUT2D eigenvalue weighted by Crippen LogP contribution is -2.32. The van der Waals surface area contributed by atoms with Gasteiger partial charge in [0.25, 0.3) is 0 Å². The minimum atomic E-state index is -0.0140. The molecule has 142 valence electrons. The predicted octanol–water partition coefficient (Wildman–Crippen LogP) is 4.15. The van der Waals surface area contributed by atoms with Gasteiger partial charge < -0.3 is 18.9 Å². The summed E-state index contributed by atoms with van der Waals surface area (Å²) in [7, 11) is 6.98. The van der Waals surface area contributed by atoms with Crippen LogP contribution in [0.4, 0.5) is 0 Å². The molecule has 0 aromatic heterocycles. The zero-order valence-corrected chi connectivity index (χ0v) is 16.4. The summed E-state index contributed by atoms with van der Waals surface area (Å²) in [5.74, 6) is 4.81. The maximum atomic E-state index is 5.90. The van der Waals surface area contributed by atoms with Crippen molar-refractivity contribution in [3.05, 3.63) is 46.5 Å². The Bertz CT molecular complexity index is 842. The van der Waals surface area contributed by atoms with Gasteiger partial charge in [-0.15, -0.1) is 0 Å². The second-order valence-corrected chi connectivity index (χ2v) is 7.98. The van der Waals surface area contributed by atoms with Crippen LogP contribution in [-0.4, -0.2) is 28.4 Å². The summed E-state index contributed by atoms with van der Waals surface area (Å²) in [6.07, 6.45) is 4.65. The summed E-state index contributed by atoms with van der Waals surface area (Å²) in [4.78, 5) is 0. The lowest BCUT2D eigenvalue weighted by Gasteiger charge is -2.35. The van der Waals surface area contributed by atoms with Crippen molar-refractivity contribution >= 4 is 0 Å². The van der Waals surface area contributed by atoms with Crippen LogP contribution in [0.1, 0.15) is 35.1 Å². The number of hydrogen-bond donors (Lipinski definition) is 0. The Kier molecular flexibility index (Phi) is 3.62. The molecule has 4 nitrogen and oxygen atoms in total. The minimum absolute atomic E-state index is 0.0140. The summed E-state index contributed by atoms with van der Waals surface area (Å²) < 4.78 is 22.9. The third-order valence-electron chi connectivity index (χ3n) is 7.14. The lowest BCUT2D eigenvalue weighted by molar-refractivity contribution is 0.315. The van der Waals surface area contributed by atoms with Gasteiger partial charge in [-0.2, -0.15) is 0 Å². The van der Waals surface area contributed by atoms with Gasteiger partial charge in [-0.05, 0) is 60.8 Å². The highest BCUT2D eigenvalue weighted by Gasteiger charge is 2.62. The lowest BCUT2D eigenvalue weighted by atomic mass is 9.69. The van der Waals surface area contributed by atoms with Crippen molar-refractivity contribution in [3.8, 4) is 23.0 Å². The Balaban J connectivity index is 1.82. The van der Waals surface area contributed by atoms with E-state index < -0.39 is 0 Å². The van der Waals surface area contributed by atoms with E-state index in [1.807, 2.05) is 12.1 Å². The third-order valence-corrected chi connectivity index (χ3v) is 7.14. The fourth-order valence-corrected chi connectivity index (χ4v) is 6.30. The normalized spacial score (nSPS) is 26.8. The summed E-state index contributed by atoms with van der Waals surface area (Å²) in [6, 6.07) is 8.49. The van der Waals surface area contributed by atoms with Crippen molar-refractivity contribution in [1.29, 1.82) is 0 Å². The quantitative estimate of drug-likeness (QED) is 0.815. The molecule has 0 saturated heterocycles. The Hall–Kier alpha value is -2.36. The highest BCUT2D eigenvalue weighted by Crippen LogP contribution is 2.68. The van der Waals surface area contributed by atoms with E-state index >= 15 is 0 Å². The monoisotopic (exact) mass is 366 g/mol. The molecule has 5 rings (SSSR count). The molecule has 0 N–H and O–H groups in total. The van der Waals surface area contributed by atoms with E-state index in [1.165, 1.54) is 35.1 Å². The first-order chi connectivity index (χ1) is 13.2. The Morgan fingerprint density at radius 3 is 1.48 bits per heavy atom. The number of rotatable bonds is 4. The van der Waals surface area contributed by atoms with Crippen LogP contribution in [0.5, 0.6) is 23.0 Å². The second-order valence-electron chi connectivity index (χ2n) is 7.98. The fraction of sp³-hybridized carbons (Fsp3) is 0.478. The summed E-state index contributed by atoms with van der Waals surface area (Å²) in [6.45, 7) is 0. The van der Waals surface area contributed by atoms with E-state index in [9.17, 15) is 0 Å². The van der Waals surface area contributed by atoms with Crippen molar-refractivity contribution in [3.63, 3.8) is 0 Å². The standard InChI is InChI=1S/C23H26O4/c1-24-17-9-13-7-15-5-6-16-8-14-10-18(25-2)12-20(27-4)22(14)23(15,16)21(13)19(11-17)26-3/h9-12,15-16H,5-8H2,1-4H3/t15-,16-,23?/m0/s1. The second kappa shape index (κ2) is 5.82. The molecular formula is C23H26O4. The minimum Gasteiger partial charge on any atom is -0.497 e. The zero-order valence-electron chi connectivity index (χ0n) is 16.4. The van der Waals surface area contributed by atoms with Gasteiger partial charge in [-0.1, -0.05) is 0 Å². The summed E-state index contributed by atoms with van der Waals surface area (Å²) in [5.41, 5.74) is 5.44.